The Bertz CT molecular complexity index is 1030. The number of H-pyrrole nitrogens is 1. The van der Waals surface area contributed by atoms with Crippen molar-refractivity contribution in [2.45, 2.75) is 57.2 Å². The summed E-state index contributed by atoms with van der Waals surface area (Å²) >= 11 is 0. The minimum atomic E-state index is 0.363. The van der Waals surface area contributed by atoms with Gasteiger partial charge in [-0.3, -0.25) is 10.00 Å². The van der Waals surface area contributed by atoms with Crippen LogP contribution in [0.3, 0.4) is 0 Å². The molecule has 0 aliphatic carbocycles. The van der Waals surface area contributed by atoms with E-state index in [1.165, 1.54) is 12.8 Å². The Labute approximate surface area is 169 Å². The molecule has 5 rings (SSSR count). The average Bonchev–Trinajstić information content (AvgIpc) is 3.39. The minimum Gasteiger partial charge on any atom is -0.364 e. The van der Waals surface area contributed by atoms with Gasteiger partial charge in [0.1, 0.15) is 0 Å². The van der Waals surface area contributed by atoms with Gasteiger partial charge in [-0.25, -0.2) is 9.97 Å². The normalized spacial score (nSPS) is 23.9. The van der Waals surface area contributed by atoms with Crippen molar-refractivity contribution >= 4 is 23.1 Å². The average molecular weight is 391 g/mol. The van der Waals surface area contributed by atoms with Crippen molar-refractivity contribution in [2.24, 2.45) is 0 Å². The first kappa shape index (κ1) is 17.9. The highest BCUT2D eigenvalue weighted by atomic mass is 15.2. The van der Waals surface area contributed by atoms with Crippen LogP contribution in [0.5, 0.6) is 0 Å². The van der Waals surface area contributed by atoms with E-state index in [2.05, 4.69) is 36.8 Å². The van der Waals surface area contributed by atoms with Crippen molar-refractivity contribution in [3.63, 3.8) is 0 Å². The molecule has 9 heteroatoms. The molecule has 2 aliphatic rings. The number of aromatic amines is 1. The zero-order valence-corrected chi connectivity index (χ0v) is 16.5. The van der Waals surface area contributed by atoms with E-state index in [0.29, 0.717) is 24.5 Å². The lowest BCUT2D eigenvalue weighted by Gasteiger charge is -2.39. The molecule has 150 valence electrons. The maximum absolute atomic E-state index is 8.93. The summed E-state index contributed by atoms with van der Waals surface area (Å²) in [6.07, 6.45) is 10.9. The monoisotopic (exact) mass is 391 g/mol. The first-order valence-electron chi connectivity index (χ1n) is 10.2. The van der Waals surface area contributed by atoms with E-state index in [0.717, 1.165) is 48.2 Å². The van der Waals surface area contributed by atoms with Crippen molar-refractivity contribution in [2.75, 3.05) is 17.2 Å². The van der Waals surface area contributed by atoms with Gasteiger partial charge < -0.3 is 15.0 Å². The van der Waals surface area contributed by atoms with E-state index >= 15 is 0 Å². The van der Waals surface area contributed by atoms with Crippen LogP contribution in [0, 0.1) is 18.3 Å². The third kappa shape index (κ3) is 3.51. The minimum absolute atomic E-state index is 0.363. The molecule has 2 saturated heterocycles. The summed E-state index contributed by atoms with van der Waals surface area (Å²) in [5.74, 6) is 2.25. The van der Waals surface area contributed by atoms with Crippen LogP contribution in [-0.4, -0.2) is 54.1 Å². The molecule has 2 fully saturated rings. The van der Waals surface area contributed by atoms with Crippen LogP contribution in [0.15, 0.2) is 24.7 Å². The standard InChI is InChI=1S/C20H25N9/c1-13-9-17(27-26-13)24-18-12-28-8-6-22-20(28)19(25-18)23-14-10-15-3-4-16(11-14)29(15)7-2-5-21/h6,8-9,12,14-16H,2-4,7,10-11H2,1H3,(H,23,25)(H2,24,26,27)/t14-,15-,16+. The van der Waals surface area contributed by atoms with E-state index in [4.69, 9.17) is 10.2 Å². The summed E-state index contributed by atoms with van der Waals surface area (Å²) < 4.78 is 1.98. The van der Waals surface area contributed by atoms with Gasteiger partial charge in [0.05, 0.1) is 12.3 Å². The molecule has 5 heterocycles. The molecule has 0 unspecified atom stereocenters. The Hall–Kier alpha value is -3.12. The van der Waals surface area contributed by atoms with E-state index in [-0.39, 0.29) is 0 Å². The first-order chi connectivity index (χ1) is 14.2. The van der Waals surface area contributed by atoms with E-state index in [1.54, 1.807) is 6.20 Å². The number of nitrogens with one attached hydrogen (secondary N) is 3. The molecular formula is C20H25N9. The number of hydrogen-bond donors (Lipinski definition) is 3. The molecule has 3 aromatic rings. The molecule has 0 spiro atoms. The zero-order valence-electron chi connectivity index (χ0n) is 16.5. The van der Waals surface area contributed by atoms with Gasteiger partial charge in [0.25, 0.3) is 0 Å². The molecule has 0 radical (unpaired) electrons. The van der Waals surface area contributed by atoms with E-state index in [9.17, 15) is 0 Å². The Balaban J connectivity index is 1.35. The molecule has 2 bridgehead atoms. The van der Waals surface area contributed by atoms with Gasteiger partial charge in [0.2, 0.25) is 0 Å². The molecule has 29 heavy (non-hydrogen) atoms. The maximum Gasteiger partial charge on any atom is 0.180 e. The highest BCUT2D eigenvalue weighted by molar-refractivity contribution is 5.67. The topological polar surface area (TPSA) is 110 Å². The molecule has 3 aromatic heterocycles. The van der Waals surface area contributed by atoms with Gasteiger partial charge in [-0.2, -0.15) is 10.4 Å². The Kier molecular flexibility index (Phi) is 4.56. The van der Waals surface area contributed by atoms with Crippen LogP contribution >= 0.6 is 0 Å². The van der Waals surface area contributed by atoms with Crippen molar-refractivity contribution < 1.29 is 0 Å². The number of hydrogen-bond acceptors (Lipinski definition) is 7. The SMILES string of the molecule is Cc1cc(Nc2cn3ccnc3c(N[C@@H]3C[C@H]4CC[C@@H](C3)N4CCC#N)n2)n[nH]1. The maximum atomic E-state index is 8.93. The summed E-state index contributed by atoms with van der Waals surface area (Å²) in [6.45, 7) is 2.86. The van der Waals surface area contributed by atoms with Crippen LogP contribution in [0.25, 0.3) is 5.65 Å². The Morgan fingerprint density at radius 3 is 2.83 bits per heavy atom. The number of nitrogens with zero attached hydrogens (tertiary/aromatic N) is 6. The predicted octanol–water partition coefficient (Wildman–Crippen LogP) is 2.83. The number of nitriles is 1. The lowest BCUT2D eigenvalue weighted by molar-refractivity contribution is 0.136. The van der Waals surface area contributed by atoms with Gasteiger partial charge in [-0.15, -0.1) is 0 Å². The van der Waals surface area contributed by atoms with Crippen molar-refractivity contribution in [3.8, 4) is 6.07 Å². The smallest absolute Gasteiger partial charge is 0.180 e. The fourth-order valence-electron chi connectivity index (χ4n) is 4.83. The largest absolute Gasteiger partial charge is 0.364 e. The van der Waals surface area contributed by atoms with Crippen LogP contribution in [-0.2, 0) is 0 Å². The second kappa shape index (κ2) is 7.37. The summed E-state index contributed by atoms with van der Waals surface area (Å²) in [6, 6.07) is 5.71. The number of anilines is 3. The molecule has 3 N–H and O–H groups in total. The fraction of sp³-hybridized carbons (Fsp3) is 0.500. The van der Waals surface area contributed by atoms with Gasteiger partial charge >= 0.3 is 0 Å². The lowest BCUT2D eigenvalue weighted by Crippen LogP contribution is -2.47. The summed E-state index contributed by atoms with van der Waals surface area (Å²) in [5.41, 5.74) is 1.82. The highest BCUT2D eigenvalue weighted by Gasteiger charge is 2.40. The molecule has 0 saturated carbocycles. The lowest BCUT2D eigenvalue weighted by atomic mass is 9.97. The third-order valence-electron chi connectivity index (χ3n) is 6.04. The molecule has 2 aliphatic heterocycles. The highest BCUT2D eigenvalue weighted by Crippen LogP contribution is 2.37. The first-order valence-corrected chi connectivity index (χ1v) is 10.2. The summed E-state index contributed by atoms with van der Waals surface area (Å²) in [7, 11) is 0. The molecule has 3 atom stereocenters. The van der Waals surface area contributed by atoms with Crippen LogP contribution < -0.4 is 10.6 Å². The van der Waals surface area contributed by atoms with E-state index < -0.39 is 0 Å². The number of piperidine rings is 1. The number of aryl methyl sites for hydroxylation is 1. The van der Waals surface area contributed by atoms with Crippen LogP contribution in [0.2, 0.25) is 0 Å². The zero-order chi connectivity index (χ0) is 19.8. The second-order valence-electron chi connectivity index (χ2n) is 8.04. The summed E-state index contributed by atoms with van der Waals surface area (Å²) in [5, 5.41) is 23.0. The molecule has 9 nitrogen and oxygen atoms in total. The van der Waals surface area contributed by atoms with Crippen molar-refractivity contribution in [1.82, 2.24) is 29.5 Å². The third-order valence-corrected chi connectivity index (χ3v) is 6.04. The number of aromatic nitrogens is 5. The van der Waals surface area contributed by atoms with Crippen LogP contribution in [0.4, 0.5) is 17.5 Å². The van der Waals surface area contributed by atoms with Gasteiger partial charge in [-0.1, -0.05) is 0 Å². The second-order valence-corrected chi connectivity index (χ2v) is 8.04. The molecule has 0 aromatic carbocycles. The Morgan fingerprint density at radius 2 is 2.10 bits per heavy atom. The van der Waals surface area contributed by atoms with Gasteiger partial charge in [-0.05, 0) is 32.6 Å². The van der Waals surface area contributed by atoms with Crippen molar-refractivity contribution in [1.29, 1.82) is 5.26 Å². The van der Waals surface area contributed by atoms with Crippen molar-refractivity contribution in [3.05, 3.63) is 30.4 Å². The van der Waals surface area contributed by atoms with Crippen LogP contribution in [0.1, 0.15) is 37.8 Å². The molecule has 0 amide bonds. The Morgan fingerprint density at radius 1 is 1.28 bits per heavy atom. The van der Waals surface area contributed by atoms with Gasteiger partial charge in [0.15, 0.2) is 23.1 Å². The quantitative estimate of drug-likeness (QED) is 0.593. The van der Waals surface area contributed by atoms with E-state index in [1.807, 2.05) is 29.8 Å². The number of rotatable bonds is 6. The number of fused-ring (bicyclic) bond motifs is 3. The molecular weight excluding hydrogens is 366 g/mol. The number of imidazole rings is 1. The van der Waals surface area contributed by atoms with Gasteiger partial charge in [0, 0.05) is 55.2 Å². The summed E-state index contributed by atoms with van der Waals surface area (Å²) in [4.78, 5) is 11.8. The fourth-order valence-corrected chi connectivity index (χ4v) is 4.83. The predicted molar refractivity (Wildman–Crippen MR) is 110 cm³/mol.